The summed E-state index contributed by atoms with van der Waals surface area (Å²) in [7, 11) is 0. The lowest BCUT2D eigenvalue weighted by atomic mass is 9.92. The van der Waals surface area contributed by atoms with Gasteiger partial charge in [0.2, 0.25) is 0 Å². The van der Waals surface area contributed by atoms with E-state index in [-0.39, 0.29) is 5.54 Å². The number of halogens is 1. The molecule has 0 amide bonds. The van der Waals surface area contributed by atoms with Crippen molar-refractivity contribution in [2.24, 2.45) is 0 Å². The normalized spacial score (nSPS) is 20.7. The van der Waals surface area contributed by atoms with Gasteiger partial charge in [0.25, 0.3) is 0 Å². The Morgan fingerprint density at radius 3 is 2.70 bits per heavy atom. The van der Waals surface area contributed by atoms with Crippen LogP contribution >= 0.6 is 11.6 Å². The van der Waals surface area contributed by atoms with Gasteiger partial charge < -0.3 is 19.5 Å². The van der Waals surface area contributed by atoms with E-state index >= 15 is 0 Å². The van der Waals surface area contributed by atoms with Crippen molar-refractivity contribution in [2.75, 3.05) is 26.4 Å². The molecule has 2 heterocycles. The maximum atomic E-state index is 6.25. The number of hydrogen-bond donors (Lipinski definition) is 1. The van der Waals surface area contributed by atoms with Crippen LogP contribution in [0.2, 0.25) is 5.02 Å². The van der Waals surface area contributed by atoms with Crippen molar-refractivity contribution in [3.8, 4) is 11.5 Å². The molecule has 1 saturated heterocycles. The SMILES string of the molecule is CC1(NCc2cc(Cl)c3c(c2)OCCO3)CCOCC1. The quantitative estimate of drug-likeness (QED) is 0.931. The van der Waals surface area contributed by atoms with Gasteiger partial charge in [0.15, 0.2) is 11.5 Å². The lowest BCUT2D eigenvalue weighted by Crippen LogP contribution is -2.46. The molecular formula is C15H20ClNO3. The Balaban J connectivity index is 1.70. The van der Waals surface area contributed by atoms with E-state index in [1.807, 2.05) is 12.1 Å². The first-order chi connectivity index (χ1) is 9.66. The molecule has 2 aliphatic rings. The standard InChI is InChI=1S/C15H20ClNO3/c1-15(2-4-18-5-3-15)17-10-11-8-12(16)14-13(9-11)19-6-7-20-14/h8-9,17H,2-7,10H2,1H3. The van der Waals surface area contributed by atoms with Crippen molar-refractivity contribution >= 4 is 11.6 Å². The highest BCUT2D eigenvalue weighted by Crippen LogP contribution is 2.38. The first-order valence-electron chi connectivity index (χ1n) is 7.07. The largest absolute Gasteiger partial charge is 0.486 e. The van der Waals surface area contributed by atoms with Gasteiger partial charge >= 0.3 is 0 Å². The van der Waals surface area contributed by atoms with E-state index in [2.05, 4.69) is 12.2 Å². The van der Waals surface area contributed by atoms with Crippen LogP contribution in [-0.2, 0) is 11.3 Å². The number of ether oxygens (including phenoxy) is 3. The lowest BCUT2D eigenvalue weighted by molar-refractivity contribution is 0.0446. The summed E-state index contributed by atoms with van der Waals surface area (Å²) in [5.41, 5.74) is 1.25. The topological polar surface area (TPSA) is 39.7 Å². The molecular weight excluding hydrogens is 278 g/mol. The van der Waals surface area contributed by atoms with E-state index in [4.69, 9.17) is 25.8 Å². The molecule has 5 heteroatoms. The molecule has 0 aliphatic carbocycles. The van der Waals surface area contributed by atoms with Gasteiger partial charge in [-0.3, -0.25) is 0 Å². The molecule has 4 nitrogen and oxygen atoms in total. The highest BCUT2D eigenvalue weighted by Gasteiger charge is 2.26. The Bertz CT molecular complexity index is 486. The van der Waals surface area contributed by atoms with E-state index in [1.54, 1.807) is 0 Å². The third-order valence-electron chi connectivity index (χ3n) is 3.97. The first kappa shape index (κ1) is 14.0. The molecule has 1 N–H and O–H groups in total. The summed E-state index contributed by atoms with van der Waals surface area (Å²) in [6.45, 7) is 5.80. The van der Waals surface area contributed by atoms with Gasteiger partial charge in [-0.25, -0.2) is 0 Å². The van der Waals surface area contributed by atoms with Crippen LogP contribution in [-0.4, -0.2) is 32.0 Å². The molecule has 0 saturated carbocycles. The predicted molar refractivity (Wildman–Crippen MR) is 77.7 cm³/mol. The zero-order valence-electron chi connectivity index (χ0n) is 11.7. The first-order valence-corrected chi connectivity index (χ1v) is 7.45. The molecule has 0 unspecified atom stereocenters. The highest BCUT2D eigenvalue weighted by molar-refractivity contribution is 6.32. The van der Waals surface area contributed by atoms with E-state index in [0.29, 0.717) is 24.0 Å². The summed E-state index contributed by atoms with van der Waals surface area (Å²) in [6, 6.07) is 3.96. The van der Waals surface area contributed by atoms with Gasteiger partial charge in [-0.15, -0.1) is 0 Å². The van der Waals surface area contributed by atoms with Crippen molar-refractivity contribution in [3.05, 3.63) is 22.7 Å². The molecule has 1 fully saturated rings. The molecule has 3 rings (SSSR count). The van der Waals surface area contributed by atoms with Crippen LogP contribution in [0.5, 0.6) is 11.5 Å². The van der Waals surface area contributed by atoms with Crippen LogP contribution < -0.4 is 14.8 Å². The fraction of sp³-hybridized carbons (Fsp3) is 0.600. The van der Waals surface area contributed by atoms with Gasteiger partial charge in [0.05, 0.1) is 5.02 Å². The van der Waals surface area contributed by atoms with Crippen molar-refractivity contribution in [3.63, 3.8) is 0 Å². The Labute approximate surface area is 124 Å². The fourth-order valence-electron chi connectivity index (χ4n) is 2.58. The number of fused-ring (bicyclic) bond motifs is 1. The van der Waals surface area contributed by atoms with Crippen molar-refractivity contribution < 1.29 is 14.2 Å². The molecule has 0 radical (unpaired) electrons. The summed E-state index contributed by atoms with van der Waals surface area (Å²) < 4.78 is 16.5. The highest BCUT2D eigenvalue weighted by atomic mass is 35.5. The average Bonchev–Trinajstić information content (AvgIpc) is 2.46. The minimum atomic E-state index is 0.137. The molecule has 1 aromatic carbocycles. The Kier molecular flexibility index (Phi) is 4.06. The third-order valence-corrected chi connectivity index (χ3v) is 4.25. The second-order valence-corrected chi connectivity index (χ2v) is 6.04. The molecule has 110 valence electrons. The molecule has 2 aliphatic heterocycles. The van der Waals surface area contributed by atoms with E-state index in [9.17, 15) is 0 Å². The molecule has 1 aromatic rings. The van der Waals surface area contributed by atoms with Gasteiger partial charge in [-0.1, -0.05) is 11.6 Å². The maximum absolute atomic E-state index is 6.25. The van der Waals surface area contributed by atoms with Gasteiger partial charge in [0.1, 0.15) is 13.2 Å². The Morgan fingerprint density at radius 2 is 1.90 bits per heavy atom. The van der Waals surface area contributed by atoms with Crippen LogP contribution in [0.15, 0.2) is 12.1 Å². The van der Waals surface area contributed by atoms with Crippen LogP contribution in [0, 0.1) is 0 Å². The molecule has 20 heavy (non-hydrogen) atoms. The number of benzene rings is 1. The summed E-state index contributed by atoms with van der Waals surface area (Å²) in [6.07, 6.45) is 2.07. The second-order valence-electron chi connectivity index (χ2n) is 5.63. The average molecular weight is 298 g/mol. The van der Waals surface area contributed by atoms with Gasteiger partial charge in [-0.05, 0) is 37.5 Å². The number of hydrogen-bond acceptors (Lipinski definition) is 4. The summed E-state index contributed by atoms with van der Waals surface area (Å²) in [5, 5.41) is 4.23. The zero-order valence-corrected chi connectivity index (χ0v) is 12.5. The Hall–Kier alpha value is -0.970. The van der Waals surface area contributed by atoms with Crippen molar-refractivity contribution in [1.82, 2.24) is 5.32 Å². The fourth-order valence-corrected chi connectivity index (χ4v) is 2.87. The third kappa shape index (κ3) is 3.03. The van der Waals surface area contributed by atoms with Crippen molar-refractivity contribution in [2.45, 2.75) is 31.8 Å². The van der Waals surface area contributed by atoms with Gasteiger partial charge in [0, 0.05) is 25.3 Å². The zero-order chi connectivity index (χ0) is 14.0. The van der Waals surface area contributed by atoms with Gasteiger partial charge in [-0.2, -0.15) is 0 Å². The summed E-state index contributed by atoms with van der Waals surface area (Å²) >= 11 is 6.25. The molecule has 0 spiro atoms. The molecule has 0 atom stereocenters. The minimum absolute atomic E-state index is 0.137. The van der Waals surface area contributed by atoms with E-state index < -0.39 is 0 Å². The summed E-state index contributed by atoms with van der Waals surface area (Å²) in [5.74, 6) is 1.41. The maximum Gasteiger partial charge on any atom is 0.179 e. The number of nitrogens with one attached hydrogen (secondary N) is 1. The second kappa shape index (κ2) is 5.80. The van der Waals surface area contributed by atoms with E-state index in [1.165, 1.54) is 0 Å². The van der Waals surface area contributed by atoms with Crippen LogP contribution in [0.3, 0.4) is 0 Å². The molecule has 0 aromatic heterocycles. The van der Waals surface area contributed by atoms with Crippen LogP contribution in [0.25, 0.3) is 0 Å². The Morgan fingerprint density at radius 1 is 1.15 bits per heavy atom. The predicted octanol–water partition coefficient (Wildman–Crippen LogP) is 2.77. The van der Waals surface area contributed by atoms with Crippen LogP contribution in [0.1, 0.15) is 25.3 Å². The minimum Gasteiger partial charge on any atom is -0.486 e. The van der Waals surface area contributed by atoms with Crippen molar-refractivity contribution in [1.29, 1.82) is 0 Å². The smallest absolute Gasteiger partial charge is 0.179 e. The summed E-state index contributed by atoms with van der Waals surface area (Å²) in [4.78, 5) is 0. The monoisotopic (exact) mass is 297 g/mol. The lowest BCUT2D eigenvalue weighted by Gasteiger charge is -2.34. The van der Waals surface area contributed by atoms with E-state index in [0.717, 1.165) is 43.9 Å². The molecule has 0 bridgehead atoms. The number of rotatable bonds is 3. The van der Waals surface area contributed by atoms with Crippen LogP contribution in [0.4, 0.5) is 0 Å².